The smallest absolute Gasteiger partial charge is 0.146 e. The molecular weight excluding hydrogens is 196 g/mol. The highest BCUT2D eigenvalue weighted by Crippen LogP contribution is 1.96. The number of thioether (sulfide) groups is 1. The van der Waals surface area contributed by atoms with E-state index in [9.17, 15) is 0 Å². The first-order chi connectivity index (χ1) is 6.84. The van der Waals surface area contributed by atoms with Crippen molar-refractivity contribution in [1.82, 2.24) is 20.1 Å². The second-order valence-electron chi connectivity index (χ2n) is 2.79. The molecule has 1 N–H and O–H groups in total. The van der Waals surface area contributed by atoms with Crippen molar-refractivity contribution in [3.05, 3.63) is 12.2 Å². The van der Waals surface area contributed by atoms with E-state index in [1.54, 1.807) is 18.1 Å². The highest BCUT2D eigenvalue weighted by molar-refractivity contribution is 7.99. The average molecular weight is 210 g/mol. The fourth-order valence-electron chi connectivity index (χ4n) is 0.943. The molecule has 0 aliphatic rings. The minimum absolute atomic E-state index is 0.757. The lowest BCUT2D eigenvalue weighted by atomic mass is 10.5. The molecule has 0 spiro atoms. The van der Waals surface area contributed by atoms with Gasteiger partial charge in [0.2, 0.25) is 0 Å². The van der Waals surface area contributed by atoms with Gasteiger partial charge in [0, 0.05) is 19.3 Å². The Morgan fingerprint density at radius 3 is 3.21 bits per heavy atom. The molecule has 0 bridgehead atoms. The molecule has 5 heteroatoms. The van der Waals surface area contributed by atoms with Crippen molar-refractivity contribution in [1.29, 1.82) is 0 Å². The third kappa shape index (κ3) is 3.81. The van der Waals surface area contributed by atoms with Crippen molar-refractivity contribution in [3.8, 4) is 12.3 Å². The highest BCUT2D eigenvalue weighted by atomic mass is 32.2. The predicted molar refractivity (Wildman–Crippen MR) is 58.9 cm³/mol. The van der Waals surface area contributed by atoms with Gasteiger partial charge in [-0.15, -0.1) is 28.4 Å². The molecule has 1 heterocycles. The Balaban J connectivity index is 2.05. The monoisotopic (exact) mass is 210 g/mol. The largest absolute Gasteiger partial charge is 0.320 e. The third-order valence-electron chi connectivity index (χ3n) is 1.70. The first kappa shape index (κ1) is 11.1. The summed E-state index contributed by atoms with van der Waals surface area (Å²) in [6.45, 7) is 1.70. The van der Waals surface area contributed by atoms with E-state index in [-0.39, 0.29) is 0 Å². The first-order valence-corrected chi connectivity index (χ1v) is 5.55. The van der Waals surface area contributed by atoms with Crippen LogP contribution in [0.3, 0.4) is 0 Å². The van der Waals surface area contributed by atoms with E-state index in [0.717, 1.165) is 30.4 Å². The van der Waals surface area contributed by atoms with Gasteiger partial charge in [-0.1, -0.05) is 5.92 Å². The molecule has 0 unspecified atom stereocenters. The maximum absolute atomic E-state index is 5.13. The number of aryl methyl sites for hydroxylation is 1. The molecule has 0 radical (unpaired) electrons. The quantitative estimate of drug-likeness (QED) is 0.541. The van der Waals surface area contributed by atoms with Gasteiger partial charge in [0.15, 0.2) is 0 Å². The van der Waals surface area contributed by atoms with E-state index in [1.807, 2.05) is 11.6 Å². The van der Waals surface area contributed by atoms with Crippen LogP contribution in [-0.2, 0) is 13.6 Å². The summed E-state index contributed by atoms with van der Waals surface area (Å²) >= 11 is 1.75. The lowest BCUT2D eigenvalue weighted by molar-refractivity contribution is 0.663. The van der Waals surface area contributed by atoms with Crippen LogP contribution in [0.25, 0.3) is 0 Å². The molecule has 14 heavy (non-hydrogen) atoms. The van der Waals surface area contributed by atoms with Gasteiger partial charge in [0.05, 0.1) is 12.3 Å². The number of rotatable bonds is 6. The molecule has 0 saturated heterocycles. The summed E-state index contributed by atoms with van der Waals surface area (Å²) in [5.74, 6) is 5.35. The fraction of sp³-hybridized carbons (Fsp3) is 0.556. The second-order valence-corrected chi connectivity index (χ2v) is 3.90. The maximum atomic E-state index is 5.13. The molecule has 0 amide bonds. The number of nitrogens with zero attached hydrogens (tertiary/aromatic N) is 3. The second kappa shape index (κ2) is 6.46. The van der Waals surface area contributed by atoms with Crippen LogP contribution in [0.15, 0.2) is 6.33 Å². The van der Waals surface area contributed by atoms with Crippen LogP contribution in [0.5, 0.6) is 0 Å². The predicted octanol–water partition coefficient (Wildman–Crippen LogP) is 0.271. The minimum atomic E-state index is 0.757. The van der Waals surface area contributed by atoms with Gasteiger partial charge in [-0.3, -0.25) is 0 Å². The zero-order chi connectivity index (χ0) is 10.2. The molecule has 0 saturated carbocycles. The number of terminal acetylenes is 1. The molecule has 0 fully saturated rings. The van der Waals surface area contributed by atoms with Crippen LogP contribution in [0.1, 0.15) is 5.82 Å². The minimum Gasteiger partial charge on any atom is -0.320 e. The van der Waals surface area contributed by atoms with Crippen molar-refractivity contribution < 1.29 is 0 Å². The maximum Gasteiger partial charge on any atom is 0.146 e. The van der Waals surface area contributed by atoms with E-state index in [2.05, 4.69) is 21.4 Å². The Hall–Kier alpha value is -0.990. The topological polar surface area (TPSA) is 42.7 Å². The Labute approximate surface area is 88.5 Å². The van der Waals surface area contributed by atoms with Crippen molar-refractivity contribution >= 4 is 11.8 Å². The SMILES string of the molecule is C#CCSCCNCc1nncn1C. The van der Waals surface area contributed by atoms with Gasteiger partial charge in [0.1, 0.15) is 12.2 Å². The van der Waals surface area contributed by atoms with Gasteiger partial charge in [-0.05, 0) is 0 Å². The van der Waals surface area contributed by atoms with Crippen molar-refractivity contribution in [2.75, 3.05) is 18.1 Å². The Morgan fingerprint density at radius 2 is 2.57 bits per heavy atom. The number of nitrogens with one attached hydrogen (secondary N) is 1. The fourth-order valence-corrected chi connectivity index (χ4v) is 1.49. The van der Waals surface area contributed by atoms with Crippen molar-refractivity contribution in [2.45, 2.75) is 6.54 Å². The molecule has 1 aromatic heterocycles. The zero-order valence-corrected chi connectivity index (χ0v) is 9.05. The van der Waals surface area contributed by atoms with Crippen LogP contribution in [0.4, 0.5) is 0 Å². The summed E-state index contributed by atoms with van der Waals surface area (Å²) in [6.07, 6.45) is 6.83. The normalized spacial score (nSPS) is 10.0. The summed E-state index contributed by atoms with van der Waals surface area (Å²) in [5.41, 5.74) is 0. The molecule has 0 aliphatic heterocycles. The van der Waals surface area contributed by atoms with Crippen LogP contribution in [0, 0.1) is 12.3 Å². The van der Waals surface area contributed by atoms with Gasteiger partial charge in [-0.25, -0.2) is 0 Å². The summed E-state index contributed by atoms with van der Waals surface area (Å²) in [4.78, 5) is 0. The van der Waals surface area contributed by atoms with Crippen LogP contribution in [0.2, 0.25) is 0 Å². The summed E-state index contributed by atoms with van der Waals surface area (Å²) in [7, 11) is 1.93. The lowest BCUT2D eigenvalue weighted by Gasteiger charge is -2.02. The van der Waals surface area contributed by atoms with Gasteiger partial charge >= 0.3 is 0 Å². The van der Waals surface area contributed by atoms with Gasteiger partial charge in [-0.2, -0.15) is 0 Å². The van der Waals surface area contributed by atoms with E-state index < -0.39 is 0 Å². The van der Waals surface area contributed by atoms with E-state index in [0.29, 0.717) is 0 Å². The molecular formula is C9H14N4S. The van der Waals surface area contributed by atoms with Crippen molar-refractivity contribution in [3.63, 3.8) is 0 Å². The first-order valence-electron chi connectivity index (χ1n) is 4.39. The highest BCUT2D eigenvalue weighted by Gasteiger charge is 1.98. The Kier molecular flexibility index (Phi) is 5.12. The lowest BCUT2D eigenvalue weighted by Crippen LogP contribution is -2.19. The van der Waals surface area contributed by atoms with Crippen LogP contribution < -0.4 is 5.32 Å². The van der Waals surface area contributed by atoms with Gasteiger partial charge < -0.3 is 9.88 Å². The van der Waals surface area contributed by atoms with Crippen molar-refractivity contribution in [2.24, 2.45) is 7.05 Å². The molecule has 0 aromatic carbocycles. The molecule has 0 aliphatic carbocycles. The van der Waals surface area contributed by atoms with E-state index in [1.165, 1.54) is 0 Å². The molecule has 1 aromatic rings. The molecule has 1 rings (SSSR count). The average Bonchev–Trinajstić information content (AvgIpc) is 2.58. The summed E-state index contributed by atoms with van der Waals surface area (Å²) in [6, 6.07) is 0. The number of hydrogen-bond acceptors (Lipinski definition) is 4. The molecule has 76 valence electrons. The van der Waals surface area contributed by atoms with Crippen LogP contribution >= 0.6 is 11.8 Å². The summed E-state index contributed by atoms with van der Waals surface area (Å²) in [5, 5.41) is 11.0. The molecule has 4 nitrogen and oxygen atoms in total. The third-order valence-corrected chi connectivity index (χ3v) is 2.56. The number of aromatic nitrogens is 3. The van der Waals surface area contributed by atoms with Gasteiger partial charge in [0.25, 0.3) is 0 Å². The number of hydrogen-bond donors (Lipinski definition) is 1. The van der Waals surface area contributed by atoms with Crippen LogP contribution in [-0.4, -0.2) is 32.8 Å². The zero-order valence-electron chi connectivity index (χ0n) is 8.23. The Bertz CT molecular complexity index is 302. The molecule has 0 atom stereocenters. The summed E-state index contributed by atoms with van der Waals surface area (Å²) < 4.78 is 1.90. The van der Waals surface area contributed by atoms with E-state index in [4.69, 9.17) is 6.42 Å². The Morgan fingerprint density at radius 1 is 1.71 bits per heavy atom. The standard InChI is InChI=1S/C9H14N4S/c1-3-5-14-6-4-10-7-9-12-11-8-13(9)2/h1,8,10H,4-7H2,2H3. The van der Waals surface area contributed by atoms with E-state index >= 15 is 0 Å².